The highest BCUT2D eigenvalue weighted by Gasteiger charge is 2.34. The van der Waals surface area contributed by atoms with Gasteiger partial charge in [0.15, 0.2) is 0 Å². The van der Waals surface area contributed by atoms with Gasteiger partial charge in [-0.2, -0.15) is 0 Å². The van der Waals surface area contributed by atoms with E-state index in [1.165, 1.54) is 0 Å². The minimum atomic E-state index is -0.220. The standard InChI is InChI=1S/C17H23N5O/c1-22-11-10-20-15(22)12-16(23)21-17(5-8-18-9-6-17)13-14-4-2-3-7-19-14/h2-4,7,10-11,18H,5-6,8-9,12-13H2,1H3,(H,21,23). The van der Waals surface area contributed by atoms with E-state index in [-0.39, 0.29) is 11.4 Å². The number of nitrogens with one attached hydrogen (secondary N) is 2. The zero-order valence-corrected chi connectivity index (χ0v) is 13.5. The Bertz CT molecular complexity index is 646. The van der Waals surface area contributed by atoms with Crippen LogP contribution in [0.4, 0.5) is 0 Å². The summed E-state index contributed by atoms with van der Waals surface area (Å²) in [6, 6.07) is 5.93. The van der Waals surface area contributed by atoms with Crippen molar-refractivity contribution in [3.63, 3.8) is 0 Å². The van der Waals surface area contributed by atoms with Gasteiger partial charge in [0.25, 0.3) is 0 Å². The summed E-state index contributed by atoms with van der Waals surface area (Å²) >= 11 is 0. The minimum Gasteiger partial charge on any atom is -0.350 e. The first-order valence-corrected chi connectivity index (χ1v) is 8.05. The Morgan fingerprint density at radius 3 is 2.78 bits per heavy atom. The average Bonchev–Trinajstić information content (AvgIpc) is 2.94. The molecule has 1 amide bonds. The topological polar surface area (TPSA) is 71.8 Å². The molecule has 1 aliphatic rings. The van der Waals surface area contributed by atoms with Crippen molar-refractivity contribution in [3.05, 3.63) is 48.3 Å². The predicted octanol–water partition coefficient (Wildman–Crippen LogP) is 0.839. The summed E-state index contributed by atoms with van der Waals surface area (Å²) in [5, 5.41) is 6.64. The van der Waals surface area contributed by atoms with Crippen LogP contribution in [0.3, 0.4) is 0 Å². The van der Waals surface area contributed by atoms with Crippen LogP contribution in [0.1, 0.15) is 24.4 Å². The number of carbonyl (C=O) groups excluding carboxylic acids is 1. The number of aryl methyl sites for hydroxylation is 1. The molecular weight excluding hydrogens is 290 g/mol. The van der Waals surface area contributed by atoms with Gasteiger partial charge >= 0.3 is 0 Å². The van der Waals surface area contributed by atoms with Gasteiger partial charge in [-0.3, -0.25) is 9.78 Å². The van der Waals surface area contributed by atoms with Gasteiger partial charge < -0.3 is 15.2 Å². The number of hydrogen-bond acceptors (Lipinski definition) is 4. The highest BCUT2D eigenvalue weighted by molar-refractivity contribution is 5.78. The Morgan fingerprint density at radius 1 is 1.30 bits per heavy atom. The van der Waals surface area contributed by atoms with Crippen molar-refractivity contribution in [2.45, 2.75) is 31.2 Å². The summed E-state index contributed by atoms with van der Waals surface area (Å²) in [5.74, 6) is 0.807. The van der Waals surface area contributed by atoms with Crippen LogP contribution in [-0.4, -0.2) is 39.1 Å². The zero-order valence-electron chi connectivity index (χ0n) is 13.5. The van der Waals surface area contributed by atoms with Crippen LogP contribution in [0.5, 0.6) is 0 Å². The monoisotopic (exact) mass is 313 g/mol. The lowest BCUT2D eigenvalue weighted by Gasteiger charge is -2.38. The van der Waals surface area contributed by atoms with E-state index in [0.717, 1.165) is 43.9 Å². The normalized spacial score (nSPS) is 16.9. The summed E-state index contributed by atoms with van der Waals surface area (Å²) in [7, 11) is 1.91. The first-order chi connectivity index (χ1) is 11.2. The number of aromatic nitrogens is 3. The highest BCUT2D eigenvalue weighted by Crippen LogP contribution is 2.23. The molecule has 6 heteroatoms. The van der Waals surface area contributed by atoms with E-state index in [0.29, 0.717) is 6.42 Å². The first kappa shape index (κ1) is 15.7. The van der Waals surface area contributed by atoms with Crippen LogP contribution < -0.4 is 10.6 Å². The third-order valence-electron chi connectivity index (χ3n) is 4.45. The first-order valence-electron chi connectivity index (χ1n) is 8.05. The van der Waals surface area contributed by atoms with Gasteiger partial charge in [-0.15, -0.1) is 0 Å². The van der Waals surface area contributed by atoms with E-state index in [1.54, 1.807) is 12.4 Å². The molecule has 2 aromatic rings. The highest BCUT2D eigenvalue weighted by atomic mass is 16.1. The Hall–Kier alpha value is -2.21. The number of hydrogen-bond donors (Lipinski definition) is 2. The van der Waals surface area contributed by atoms with Gasteiger partial charge in [0, 0.05) is 43.3 Å². The van der Waals surface area contributed by atoms with E-state index in [2.05, 4.69) is 20.6 Å². The van der Waals surface area contributed by atoms with Crippen molar-refractivity contribution in [1.29, 1.82) is 0 Å². The van der Waals surface area contributed by atoms with Crippen LogP contribution in [0, 0.1) is 0 Å². The number of imidazole rings is 1. The van der Waals surface area contributed by atoms with Crippen LogP contribution in [0.2, 0.25) is 0 Å². The fraction of sp³-hybridized carbons (Fsp3) is 0.471. The second kappa shape index (κ2) is 6.91. The fourth-order valence-electron chi connectivity index (χ4n) is 3.15. The van der Waals surface area contributed by atoms with E-state index < -0.39 is 0 Å². The van der Waals surface area contributed by atoms with Gasteiger partial charge in [-0.05, 0) is 38.1 Å². The molecule has 2 N–H and O–H groups in total. The molecule has 0 aliphatic carbocycles. The van der Waals surface area contributed by atoms with Crippen molar-refractivity contribution in [1.82, 2.24) is 25.2 Å². The quantitative estimate of drug-likeness (QED) is 0.858. The molecule has 0 spiro atoms. The molecule has 1 saturated heterocycles. The average molecular weight is 313 g/mol. The van der Waals surface area contributed by atoms with Gasteiger partial charge in [0.05, 0.1) is 6.42 Å². The van der Waals surface area contributed by atoms with Crippen molar-refractivity contribution in [2.75, 3.05) is 13.1 Å². The number of nitrogens with zero attached hydrogens (tertiary/aromatic N) is 3. The third kappa shape index (κ3) is 3.96. The molecule has 0 atom stereocenters. The van der Waals surface area contributed by atoms with E-state index in [4.69, 9.17) is 0 Å². The number of rotatable bonds is 5. The molecule has 0 saturated carbocycles. The van der Waals surface area contributed by atoms with Crippen LogP contribution in [0.25, 0.3) is 0 Å². The van der Waals surface area contributed by atoms with Crippen LogP contribution in [-0.2, 0) is 24.7 Å². The Labute approximate surface area is 136 Å². The lowest BCUT2D eigenvalue weighted by Crippen LogP contribution is -2.56. The zero-order chi connectivity index (χ0) is 16.1. The predicted molar refractivity (Wildman–Crippen MR) is 87.8 cm³/mol. The molecule has 2 aromatic heterocycles. The smallest absolute Gasteiger partial charge is 0.228 e. The maximum absolute atomic E-state index is 12.5. The van der Waals surface area contributed by atoms with Gasteiger partial charge in [0.1, 0.15) is 5.82 Å². The van der Waals surface area contributed by atoms with Gasteiger partial charge in [-0.25, -0.2) is 4.98 Å². The molecule has 6 nitrogen and oxygen atoms in total. The maximum atomic E-state index is 12.5. The molecule has 0 aromatic carbocycles. The largest absolute Gasteiger partial charge is 0.350 e. The van der Waals surface area contributed by atoms with E-state index >= 15 is 0 Å². The molecule has 1 aliphatic heterocycles. The molecule has 3 heterocycles. The Morgan fingerprint density at radius 2 is 2.13 bits per heavy atom. The maximum Gasteiger partial charge on any atom is 0.228 e. The summed E-state index contributed by atoms with van der Waals surface area (Å²) in [4.78, 5) is 21.2. The second-order valence-electron chi connectivity index (χ2n) is 6.21. The van der Waals surface area contributed by atoms with E-state index in [9.17, 15) is 4.79 Å². The molecule has 0 unspecified atom stereocenters. The molecule has 0 radical (unpaired) electrons. The van der Waals surface area contributed by atoms with E-state index in [1.807, 2.05) is 36.0 Å². The molecule has 1 fully saturated rings. The third-order valence-corrected chi connectivity index (χ3v) is 4.45. The molecule has 3 rings (SSSR count). The lowest BCUT2D eigenvalue weighted by molar-refractivity contribution is -0.122. The van der Waals surface area contributed by atoms with Crippen LogP contribution in [0.15, 0.2) is 36.8 Å². The summed E-state index contributed by atoms with van der Waals surface area (Å²) < 4.78 is 1.88. The number of piperidine rings is 1. The lowest BCUT2D eigenvalue weighted by atomic mass is 9.83. The minimum absolute atomic E-state index is 0.0251. The summed E-state index contributed by atoms with van der Waals surface area (Å²) in [6.07, 6.45) is 8.28. The summed E-state index contributed by atoms with van der Waals surface area (Å²) in [6.45, 7) is 1.82. The number of amides is 1. The molecule has 122 valence electrons. The van der Waals surface area contributed by atoms with Crippen molar-refractivity contribution >= 4 is 5.91 Å². The van der Waals surface area contributed by atoms with Crippen molar-refractivity contribution < 1.29 is 4.79 Å². The molecule has 0 bridgehead atoms. The SMILES string of the molecule is Cn1ccnc1CC(=O)NC1(Cc2ccccn2)CCNCC1. The fourth-order valence-corrected chi connectivity index (χ4v) is 3.15. The second-order valence-corrected chi connectivity index (χ2v) is 6.21. The van der Waals surface area contributed by atoms with Crippen LogP contribution >= 0.6 is 0 Å². The van der Waals surface area contributed by atoms with Crippen molar-refractivity contribution in [3.8, 4) is 0 Å². The number of pyridine rings is 1. The van der Waals surface area contributed by atoms with Gasteiger partial charge in [-0.1, -0.05) is 6.07 Å². The van der Waals surface area contributed by atoms with Crippen molar-refractivity contribution in [2.24, 2.45) is 7.05 Å². The van der Waals surface area contributed by atoms with Gasteiger partial charge in [0.2, 0.25) is 5.91 Å². The summed E-state index contributed by atoms with van der Waals surface area (Å²) in [5.41, 5.74) is 0.800. The molecule has 23 heavy (non-hydrogen) atoms. The Balaban J connectivity index is 1.71. The number of carbonyl (C=O) groups is 1. The molecular formula is C17H23N5O. The Kier molecular flexibility index (Phi) is 4.71.